The summed E-state index contributed by atoms with van der Waals surface area (Å²) in [6.07, 6.45) is 4.00. The molecule has 0 bridgehead atoms. The van der Waals surface area contributed by atoms with Crippen LogP contribution in [0.2, 0.25) is 0 Å². The number of Topliss-reactive ketones (excluding diaryl/α,β-unsaturated/α-hetero) is 1. The number of hydrogen-bond acceptors (Lipinski definition) is 11. The normalized spacial score (nSPS) is 31.2. The van der Waals surface area contributed by atoms with Crippen LogP contribution >= 0.6 is 11.8 Å². The molecule has 0 radical (unpaired) electrons. The van der Waals surface area contributed by atoms with Gasteiger partial charge in [-0.25, -0.2) is 4.79 Å². The number of amides is 4. The molecule has 4 amide bonds. The predicted octanol–water partition coefficient (Wildman–Crippen LogP) is 2.15. The number of ketones is 1. The third-order valence-corrected chi connectivity index (χ3v) is 10.2. The Hall–Kier alpha value is -2.52. The fourth-order valence-electron chi connectivity index (χ4n) is 6.69. The highest BCUT2D eigenvalue weighted by Crippen LogP contribution is 2.59. The van der Waals surface area contributed by atoms with Gasteiger partial charge in [0, 0.05) is 32.4 Å². The van der Waals surface area contributed by atoms with Gasteiger partial charge in [-0.05, 0) is 52.9 Å². The highest BCUT2D eigenvalue weighted by molar-refractivity contribution is 7.99. The maximum Gasteiger partial charge on any atom is 0.414 e. The maximum absolute atomic E-state index is 12.7. The van der Waals surface area contributed by atoms with Crippen LogP contribution in [0.15, 0.2) is 11.6 Å². The molecule has 4 rings (SSSR count). The van der Waals surface area contributed by atoms with E-state index in [0.29, 0.717) is 57.6 Å². The molecule has 4 aliphatic rings. The molecule has 0 aromatic carbocycles. The third-order valence-electron chi connectivity index (χ3n) is 9.27. The first kappa shape index (κ1) is 36.3. The van der Waals surface area contributed by atoms with Crippen molar-refractivity contribution in [3.05, 3.63) is 11.6 Å². The van der Waals surface area contributed by atoms with Crippen molar-refractivity contribution in [2.45, 2.75) is 102 Å². The minimum absolute atomic E-state index is 0.00271. The molecule has 1 spiro atoms. The Morgan fingerprint density at radius 3 is 2.57 bits per heavy atom. The first-order valence-corrected chi connectivity index (χ1v) is 17.3. The van der Waals surface area contributed by atoms with Crippen LogP contribution < -0.4 is 10.6 Å². The molecule has 4 fully saturated rings. The van der Waals surface area contributed by atoms with Gasteiger partial charge in [-0.1, -0.05) is 18.6 Å². The smallest absolute Gasteiger partial charge is 0.414 e. The summed E-state index contributed by atoms with van der Waals surface area (Å²) in [7, 11) is 1.60. The number of rotatable bonds is 16. The number of nitrogens with zero attached hydrogens (tertiary/aromatic N) is 1. The molecule has 1 saturated carbocycles. The topological polar surface area (TPSA) is 165 Å². The summed E-state index contributed by atoms with van der Waals surface area (Å²) < 4.78 is 28.9. The van der Waals surface area contributed by atoms with Crippen molar-refractivity contribution in [1.82, 2.24) is 15.5 Å². The lowest BCUT2D eigenvalue weighted by atomic mass is 9.68. The molecule has 3 saturated heterocycles. The van der Waals surface area contributed by atoms with Crippen LogP contribution in [0.3, 0.4) is 0 Å². The summed E-state index contributed by atoms with van der Waals surface area (Å²) in [5.41, 5.74) is 0.421. The van der Waals surface area contributed by atoms with Crippen LogP contribution in [0.5, 0.6) is 0 Å². The molecular formula is C32H49N3O10S. The van der Waals surface area contributed by atoms with E-state index in [4.69, 9.17) is 23.7 Å². The Balaban J connectivity index is 1.15. The van der Waals surface area contributed by atoms with Crippen molar-refractivity contribution >= 4 is 41.4 Å². The summed E-state index contributed by atoms with van der Waals surface area (Å²) in [5, 5.41) is 5.11. The molecule has 0 aromatic rings. The van der Waals surface area contributed by atoms with E-state index in [1.807, 2.05) is 0 Å². The van der Waals surface area contributed by atoms with E-state index in [1.54, 1.807) is 14.0 Å². The number of hydrogen-bond donors (Lipinski definition) is 2. The Labute approximate surface area is 275 Å². The standard InChI is InChI=1S/C32H49N3O10S/c1-6-21(36)16-42-17-26(38)35-14-7-8-22(35)29(39)33-13-15-46-18-25(37)34-30(40)44-23-11-12-32(19-43-32)28(27(23)41-5)31(4)24(45-31)10-9-20(2)3/h9,22-24,27-28H,6-8,10-19H2,1-5H3,(H,33,39)(H,34,37,40)/t22?,23-,24-,27-,28-,31?,32+/m1/s1. The fourth-order valence-corrected chi connectivity index (χ4v) is 7.34. The summed E-state index contributed by atoms with van der Waals surface area (Å²) in [4.78, 5) is 63.2. The summed E-state index contributed by atoms with van der Waals surface area (Å²) >= 11 is 1.26. The van der Waals surface area contributed by atoms with Gasteiger partial charge in [0.2, 0.25) is 17.7 Å². The van der Waals surface area contributed by atoms with Gasteiger partial charge in [0.1, 0.15) is 42.7 Å². The second-order valence-corrected chi connectivity index (χ2v) is 13.9. The molecule has 1 aliphatic carbocycles. The molecule has 258 valence electrons. The molecule has 2 unspecified atom stereocenters. The van der Waals surface area contributed by atoms with Crippen molar-refractivity contribution in [2.24, 2.45) is 5.92 Å². The third kappa shape index (κ3) is 9.09. The van der Waals surface area contributed by atoms with Crippen molar-refractivity contribution in [1.29, 1.82) is 0 Å². The predicted molar refractivity (Wildman–Crippen MR) is 169 cm³/mol. The Bertz CT molecular complexity index is 1170. The van der Waals surface area contributed by atoms with E-state index >= 15 is 0 Å². The number of imide groups is 1. The number of epoxide rings is 2. The second kappa shape index (κ2) is 16.1. The lowest BCUT2D eigenvalue weighted by molar-refractivity contribution is -0.143. The molecule has 0 aromatic heterocycles. The van der Waals surface area contributed by atoms with E-state index in [-0.39, 0.29) is 54.2 Å². The molecule has 2 N–H and O–H groups in total. The first-order chi connectivity index (χ1) is 21.9. The quantitative estimate of drug-likeness (QED) is 0.141. The van der Waals surface area contributed by atoms with Gasteiger partial charge in [0.15, 0.2) is 5.78 Å². The fraction of sp³-hybridized carbons (Fsp3) is 0.781. The highest BCUT2D eigenvalue weighted by Gasteiger charge is 2.72. The van der Waals surface area contributed by atoms with Gasteiger partial charge < -0.3 is 33.9 Å². The van der Waals surface area contributed by atoms with E-state index in [2.05, 4.69) is 37.5 Å². The van der Waals surface area contributed by atoms with Crippen molar-refractivity contribution in [3.63, 3.8) is 0 Å². The van der Waals surface area contributed by atoms with Crippen LogP contribution in [0.25, 0.3) is 0 Å². The number of carbonyl (C=O) groups excluding carboxylic acids is 5. The van der Waals surface area contributed by atoms with Gasteiger partial charge in [-0.3, -0.25) is 24.5 Å². The maximum atomic E-state index is 12.7. The van der Waals surface area contributed by atoms with Crippen molar-refractivity contribution in [3.8, 4) is 0 Å². The lowest BCUT2D eigenvalue weighted by Crippen LogP contribution is -2.56. The largest absolute Gasteiger partial charge is 0.443 e. The highest BCUT2D eigenvalue weighted by atomic mass is 32.2. The van der Waals surface area contributed by atoms with Crippen LogP contribution in [0.1, 0.15) is 66.2 Å². The number of methoxy groups -OCH3 is 1. The van der Waals surface area contributed by atoms with Gasteiger partial charge >= 0.3 is 6.09 Å². The number of thioether (sulfide) groups is 1. The minimum Gasteiger partial charge on any atom is -0.443 e. The van der Waals surface area contributed by atoms with Crippen molar-refractivity contribution < 1.29 is 47.7 Å². The lowest BCUT2D eigenvalue weighted by Gasteiger charge is -2.42. The number of nitrogens with one attached hydrogen (secondary N) is 2. The molecule has 46 heavy (non-hydrogen) atoms. The minimum atomic E-state index is -0.825. The van der Waals surface area contributed by atoms with Crippen LogP contribution in [-0.2, 0) is 42.9 Å². The molecule has 3 aliphatic heterocycles. The number of likely N-dealkylation sites (tertiary alicyclic amines) is 1. The van der Waals surface area contributed by atoms with Gasteiger partial charge in [-0.15, -0.1) is 0 Å². The summed E-state index contributed by atoms with van der Waals surface area (Å²) in [6.45, 7) is 8.91. The Kier molecular flexibility index (Phi) is 12.7. The molecule has 14 heteroatoms. The number of ether oxygens (including phenoxy) is 5. The van der Waals surface area contributed by atoms with Crippen LogP contribution in [-0.4, -0.2) is 122 Å². The van der Waals surface area contributed by atoms with Crippen LogP contribution in [0, 0.1) is 5.92 Å². The van der Waals surface area contributed by atoms with Gasteiger partial charge in [-0.2, -0.15) is 11.8 Å². The summed E-state index contributed by atoms with van der Waals surface area (Å²) in [5.74, 6) is -0.863. The van der Waals surface area contributed by atoms with Gasteiger partial charge in [0.25, 0.3) is 0 Å². The summed E-state index contributed by atoms with van der Waals surface area (Å²) in [6, 6.07) is -0.588. The van der Waals surface area contributed by atoms with Gasteiger partial charge in [0.05, 0.1) is 24.4 Å². The Morgan fingerprint density at radius 1 is 1.13 bits per heavy atom. The van der Waals surface area contributed by atoms with Crippen LogP contribution in [0.4, 0.5) is 4.79 Å². The molecule has 13 nitrogen and oxygen atoms in total. The monoisotopic (exact) mass is 667 g/mol. The number of carbonyl (C=O) groups is 5. The number of alkyl carbamates (subject to hydrolysis) is 1. The molecular weight excluding hydrogens is 618 g/mol. The average molecular weight is 668 g/mol. The van der Waals surface area contributed by atoms with E-state index < -0.39 is 35.9 Å². The van der Waals surface area contributed by atoms with Crippen molar-refractivity contribution in [2.75, 3.05) is 51.5 Å². The SMILES string of the molecule is CCC(=O)COCC(=O)N1CCCC1C(=O)NCCSCC(=O)NC(=O)O[C@@H]1CC[C@]2(CO2)[C@@H](C2(C)O[C@@H]2CC=C(C)C)[C@@H]1OC. The van der Waals surface area contributed by atoms with E-state index in [9.17, 15) is 24.0 Å². The average Bonchev–Trinajstić information content (AvgIpc) is 3.86. The zero-order valence-corrected chi connectivity index (χ0v) is 28.4. The number of allylic oxidation sites excluding steroid dienone is 1. The second-order valence-electron chi connectivity index (χ2n) is 12.8. The molecule has 7 atom stereocenters. The molecule has 3 heterocycles. The zero-order valence-electron chi connectivity index (χ0n) is 27.6. The Morgan fingerprint density at radius 2 is 1.89 bits per heavy atom. The first-order valence-electron chi connectivity index (χ1n) is 16.2. The van der Waals surface area contributed by atoms with E-state index in [1.165, 1.54) is 22.2 Å². The zero-order chi connectivity index (χ0) is 33.5. The van der Waals surface area contributed by atoms with E-state index in [0.717, 1.165) is 6.42 Å².